The number of amides is 2. The van der Waals surface area contributed by atoms with Gasteiger partial charge in [0.1, 0.15) is 12.4 Å². The van der Waals surface area contributed by atoms with Crippen LogP contribution >= 0.6 is 0 Å². The Morgan fingerprint density at radius 3 is 2.65 bits per heavy atom. The Morgan fingerprint density at radius 1 is 1.07 bits per heavy atom. The molecule has 1 aliphatic rings. The van der Waals surface area contributed by atoms with Crippen LogP contribution in [0.1, 0.15) is 40.2 Å². The van der Waals surface area contributed by atoms with E-state index in [-0.39, 0.29) is 24.3 Å². The molecule has 2 amide bonds. The van der Waals surface area contributed by atoms with Gasteiger partial charge in [0.25, 0.3) is 5.91 Å². The van der Waals surface area contributed by atoms with Crippen molar-refractivity contribution in [2.24, 2.45) is 5.92 Å². The molecular weight excluding hydrogens is 506 g/mol. The van der Waals surface area contributed by atoms with Crippen molar-refractivity contribution in [3.8, 4) is 5.75 Å². The highest BCUT2D eigenvalue weighted by Crippen LogP contribution is 2.24. The number of hydrogen-bond donors (Lipinski definition) is 3. The number of carbonyl (C=O) groups excluding carboxylic acids is 2. The van der Waals surface area contributed by atoms with E-state index in [4.69, 9.17) is 9.94 Å². The van der Waals surface area contributed by atoms with Crippen LogP contribution in [-0.2, 0) is 17.9 Å². The van der Waals surface area contributed by atoms with Crippen LogP contribution in [0, 0.1) is 12.8 Å². The maximum atomic E-state index is 13.2. The first-order valence-electron chi connectivity index (χ1n) is 13.4. The highest BCUT2D eigenvalue weighted by Gasteiger charge is 2.32. The van der Waals surface area contributed by atoms with Crippen LogP contribution in [0.25, 0.3) is 10.9 Å². The molecule has 1 aliphatic heterocycles. The summed E-state index contributed by atoms with van der Waals surface area (Å²) in [6.45, 7) is 4.35. The van der Waals surface area contributed by atoms with Gasteiger partial charge in [-0.25, -0.2) is 5.48 Å². The largest absolute Gasteiger partial charge is 0.489 e. The fourth-order valence-electron chi connectivity index (χ4n) is 5.25. The zero-order valence-corrected chi connectivity index (χ0v) is 22.4. The summed E-state index contributed by atoms with van der Waals surface area (Å²) in [4.78, 5) is 36.4. The lowest BCUT2D eigenvalue weighted by molar-refractivity contribution is -0.130. The third kappa shape index (κ3) is 6.80. The number of carbonyl (C=O) groups is 2. The van der Waals surface area contributed by atoms with Gasteiger partial charge in [-0.05, 0) is 74.3 Å². The van der Waals surface area contributed by atoms with Crippen LogP contribution < -0.4 is 15.5 Å². The number of aromatic nitrogens is 2. The minimum atomic E-state index is -0.457. The molecule has 0 radical (unpaired) electrons. The molecule has 4 aromatic rings. The summed E-state index contributed by atoms with van der Waals surface area (Å²) in [6.07, 6.45) is 2.61. The molecule has 0 unspecified atom stereocenters. The van der Waals surface area contributed by atoms with Crippen molar-refractivity contribution >= 4 is 22.7 Å². The number of ether oxygens (including phenoxy) is 1. The summed E-state index contributed by atoms with van der Waals surface area (Å²) in [5.41, 5.74) is 6.09. The number of nitrogens with one attached hydrogen (secondary N) is 2. The first-order valence-corrected chi connectivity index (χ1v) is 13.4. The lowest BCUT2D eigenvalue weighted by Gasteiger charge is -2.38. The minimum Gasteiger partial charge on any atom is -0.489 e. The standard InChI is InChI=1S/C31H33N5O4/c1-21-16-24(27-7-2-3-8-28(27)33-21)20-40-26-11-9-22(10-12-26)31(38)34-29-19-36(18-25-6-4-5-14-32-25)15-13-23(29)17-30(37)35-39/h2-12,14,16,23,29,39H,13,15,17-20H2,1H3,(H,34,38)(H,35,37)/t23-,29+/m0/s1. The van der Waals surface area contributed by atoms with Crippen LogP contribution in [0.5, 0.6) is 5.75 Å². The Balaban J connectivity index is 1.23. The van der Waals surface area contributed by atoms with Crippen molar-refractivity contribution in [2.75, 3.05) is 13.1 Å². The minimum absolute atomic E-state index is 0.0997. The van der Waals surface area contributed by atoms with E-state index in [1.165, 1.54) is 0 Å². The molecular formula is C31H33N5O4. The van der Waals surface area contributed by atoms with Crippen molar-refractivity contribution < 1.29 is 19.5 Å². The number of piperidine rings is 1. The van der Waals surface area contributed by atoms with Crippen LogP contribution in [0.3, 0.4) is 0 Å². The number of fused-ring (bicyclic) bond motifs is 1. The van der Waals surface area contributed by atoms with E-state index in [2.05, 4.69) is 20.2 Å². The number of hydroxylamine groups is 1. The van der Waals surface area contributed by atoms with Crippen molar-refractivity contribution in [3.05, 3.63) is 102 Å². The maximum Gasteiger partial charge on any atom is 0.251 e. The second-order valence-electron chi connectivity index (χ2n) is 10.2. The van der Waals surface area contributed by atoms with Crippen molar-refractivity contribution in [1.29, 1.82) is 0 Å². The molecule has 5 rings (SSSR count). The van der Waals surface area contributed by atoms with E-state index in [1.54, 1.807) is 35.9 Å². The average Bonchev–Trinajstić information content (AvgIpc) is 2.97. The van der Waals surface area contributed by atoms with E-state index < -0.39 is 5.91 Å². The van der Waals surface area contributed by atoms with Gasteiger partial charge in [0.05, 0.1) is 11.2 Å². The predicted molar refractivity (Wildman–Crippen MR) is 151 cm³/mol. The molecule has 3 N–H and O–H groups in total. The van der Waals surface area contributed by atoms with Crippen molar-refractivity contribution in [1.82, 2.24) is 25.7 Å². The molecule has 3 heterocycles. The van der Waals surface area contributed by atoms with Crippen molar-refractivity contribution in [3.63, 3.8) is 0 Å². The zero-order valence-electron chi connectivity index (χ0n) is 22.4. The molecule has 2 atom stereocenters. The van der Waals surface area contributed by atoms with Gasteiger partial charge in [0, 0.05) is 54.0 Å². The molecule has 1 fully saturated rings. The maximum absolute atomic E-state index is 13.2. The molecule has 1 saturated heterocycles. The predicted octanol–water partition coefficient (Wildman–Crippen LogP) is 4.03. The summed E-state index contributed by atoms with van der Waals surface area (Å²) < 4.78 is 6.04. The number of aryl methyl sites for hydroxylation is 1. The average molecular weight is 540 g/mol. The summed E-state index contributed by atoms with van der Waals surface area (Å²) in [7, 11) is 0. The Morgan fingerprint density at radius 2 is 1.88 bits per heavy atom. The molecule has 0 bridgehead atoms. The molecule has 0 saturated carbocycles. The number of likely N-dealkylation sites (tertiary alicyclic amines) is 1. The number of hydrogen-bond acceptors (Lipinski definition) is 7. The van der Waals surface area contributed by atoms with Gasteiger partial charge in [-0.2, -0.15) is 0 Å². The lowest BCUT2D eigenvalue weighted by Crippen LogP contribution is -2.53. The topological polar surface area (TPSA) is 117 Å². The molecule has 0 aliphatic carbocycles. The first kappa shape index (κ1) is 27.2. The fourth-order valence-corrected chi connectivity index (χ4v) is 5.25. The van der Waals surface area contributed by atoms with Crippen molar-refractivity contribution in [2.45, 2.75) is 39.0 Å². The van der Waals surface area contributed by atoms with Gasteiger partial charge in [-0.15, -0.1) is 0 Å². The normalized spacial score (nSPS) is 17.4. The monoisotopic (exact) mass is 539 g/mol. The smallest absolute Gasteiger partial charge is 0.251 e. The second kappa shape index (κ2) is 12.7. The molecule has 9 nitrogen and oxygen atoms in total. The number of benzene rings is 2. The zero-order chi connectivity index (χ0) is 27.9. The number of pyridine rings is 2. The Bertz CT molecular complexity index is 1460. The summed E-state index contributed by atoms with van der Waals surface area (Å²) in [5.74, 6) is -0.119. The quantitative estimate of drug-likeness (QED) is 0.217. The third-order valence-corrected chi connectivity index (χ3v) is 7.28. The molecule has 9 heteroatoms. The first-order chi connectivity index (χ1) is 19.5. The van der Waals surface area contributed by atoms with Crippen LogP contribution in [0.15, 0.2) is 79.0 Å². The number of para-hydroxylation sites is 1. The SMILES string of the molecule is Cc1cc(COc2ccc(C(=O)N[C@@H]3CN(Cc4ccccn4)CC[C@H]3CC(=O)NO)cc2)c2ccccc2n1. The van der Waals surface area contributed by atoms with E-state index in [0.29, 0.717) is 37.4 Å². The van der Waals surface area contributed by atoms with Crippen LogP contribution in [0.4, 0.5) is 0 Å². The van der Waals surface area contributed by atoms with Crippen LogP contribution in [0.2, 0.25) is 0 Å². The van der Waals surface area contributed by atoms with E-state index in [0.717, 1.165) is 34.4 Å². The van der Waals surface area contributed by atoms with E-state index in [9.17, 15) is 9.59 Å². The summed E-state index contributed by atoms with van der Waals surface area (Å²) >= 11 is 0. The third-order valence-electron chi connectivity index (χ3n) is 7.28. The van der Waals surface area contributed by atoms with Gasteiger partial charge >= 0.3 is 0 Å². The van der Waals surface area contributed by atoms with Gasteiger partial charge in [0.15, 0.2) is 0 Å². The van der Waals surface area contributed by atoms with Gasteiger partial charge < -0.3 is 10.1 Å². The Hall–Kier alpha value is -4.34. The van der Waals surface area contributed by atoms with E-state index >= 15 is 0 Å². The van der Waals surface area contributed by atoms with Gasteiger partial charge in [-0.3, -0.25) is 29.7 Å². The molecule has 2 aromatic carbocycles. The summed E-state index contributed by atoms with van der Waals surface area (Å²) in [6, 6.07) is 22.6. The summed E-state index contributed by atoms with van der Waals surface area (Å²) in [5, 5.41) is 13.2. The second-order valence-corrected chi connectivity index (χ2v) is 10.2. The molecule has 206 valence electrons. The van der Waals surface area contributed by atoms with Gasteiger partial charge in [-0.1, -0.05) is 24.3 Å². The fraction of sp³-hybridized carbons (Fsp3) is 0.290. The lowest BCUT2D eigenvalue weighted by atomic mass is 9.88. The van der Waals surface area contributed by atoms with E-state index in [1.807, 2.05) is 55.5 Å². The number of nitrogens with zero attached hydrogens (tertiary/aromatic N) is 3. The molecule has 40 heavy (non-hydrogen) atoms. The molecule has 2 aromatic heterocycles. The van der Waals surface area contributed by atoms with Gasteiger partial charge in [0.2, 0.25) is 5.91 Å². The van der Waals surface area contributed by atoms with Crippen LogP contribution in [-0.4, -0.2) is 51.0 Å². The highest BCUT2D eigenvalue weighted by atomic mass is 16.5. The Labute approximate surface area is 233 Å². The molecule has 0 spiro atoms. The Kier molecular flexibility index (Phi) is 8.63. The number of rotatable bonds is 9. The highest BCUT2D eigenvalue weighted by molar-refractivity contribution is 5.94.